The highest BCUT2D eigenvalue weighted by Gasteiger charge is 2.17. The summed E-state index contributed by atoms with van der Waals surface area (Å²) < 4.78 is 0. The zero-order chi connectivity index (χ0) is 13.0. The van der Waals surface area contributed by atoms with Gasteiger partial charge in [-0.1, -0.05) is 37.9 Å². The fraction of sp³-hybridized carbons (Fsp3) is 0.462. The Morgan fingerprint density at radius 2 is 2.12 bits per heavy atom. The van der Waals surface area contributed by atoms with Crippen molar-refractivity contribution in [1.29, 1.82) is 0 Å². The summed E-state index contributed by atoms with van der Waals surface area (Å²) in [5.41, 5.74) is 0.724. The first-order chi connectivity index (χ1) is 7.97. The van der Waals surface area contributed by atoms with Crippen molar-refractivity contribution in [2.45, 2.75) is 33.2 Å². The summed E-state index contributed by atoms with van der Waals surface area (Å²) in [5.74, 6) is -0.537. The first kappa shape index (κ1) is 13.8. The Morgan fingerprint density at radius 3 is 2.65 bits per heavy atom. The van der Waals surface area contributed by atoms with E-state index in [0.717, 1.165) is 6.42 Å². The molecule has 0 heterocycles. The summed E-state index contributed by atoms with van der Waals surface area (Å²) in [4.78, 5) is 11.1. The summed E-state index contributed by atoms with van der Waals surface area (Å²) in [6, 6.07) is 5.29. The number of rotatable bonds is 5. The molecule has 0 aliphatic rings. The maximum atomic E-state index is 11.1. The highest BCUT2D eigenvalue weighted by atomic mass is 35.5. The van der Waals surface area contributed by atoms with Gasteiger partial charge in [0, 0.05) is 6.04 Å². The molecule has 0 spiro atoms. The largest absolute Gasteiger partial charge is 0.478 e. The normalized spacial score (nSPS) is 14.1. The minimum absolute atomic E-state index is 0.143. The Bertz CT molecular complexity index is 406. The number of hydrogen-bond acceptors (Lipinski definition) is 2. The topological polar surface area (TPSA) is 49.3 Å². The number of carboxylic acids is 1. The molecule has 1 rings (SSSR count). The van der Waals surface area contributed by atoms with Crippen LogP contribution in [0.25, 0.3) is 0 Å². The highest BCUT2D eigenvalue weighted by Crippen LogP contribution is 2.26. The van der Waals surface area contributed by atoms with Crippen LogP contribution in [0.15, 0.2) is 18.2 Å². The van der Waals surface area contributed by atoms with Gasteiger partial charge in [0.2, 0.25) is 0 Å². The van der Waals surface area contributed by atoms with Crippen molar-refractivity contribution in [3.8, 4) is 0 Å². The van der Waals surface area contributed by atoms with E-state index in [1.165, 1.54) is 0 Å². The molecule has 0 saturated carbocycles. The molecule has 2 N–H and O–H groups in total. The van der Waals surface area contributed by atoms with Gasteiger partial charge in [-0.25, -0.2) is 4.79 Å². The van der Waals surface area contributed by atoms with Gasteiger partial charge >= 0.3 is 5.97 Å². The van der Waals surface area contributed by atoms with Crippen LogP contribution in [0.1, 0.15) is 37.6 Å². The SMILES string of the molecule is CCC(C)C(C)Nc1cccc(Cl)c1C(=O)O. The molecule has 2 atom stereocenters. The summed E-state index contributed by atoms with van der Waals surface area (Å²) in [6.07, 6.45) is 1.04. The van der Waals surface area contributed by atoms with Crippen LogP contribution in [0, 0.1) is 5.92 Å². The molecule has 0 aliphatic carbocycles. The Labute approximate surface area is 107 Å². The molecule has 0 aromatic heterocycles. The van der Waals surface area contributed by atoms with Crippen molar-refractivity contribution < 1.29 is 9.90 Å². The molecule has 0 radical (unpaired) electrons. The first-order valence-electron chi connectivity index (χ1n) is 5.75. The smallest absolute Gasteiger partial charge is 0.339 e. The second-order valence-electron chi connectivity index (χ2n) is 4.29. The molecule has 0 aliphatic heterocycles. The molecule has 1 aromatic carbocycles. The van der Waals surface area contributed by atoms with Gasteiger partial charge in [0.15, 0.2) is 0 Å². The Kier molecular flexibility index (Phi) is 4.82. The van der Waals surface area contributed by atoms with Gasteiger partial charge in [-0.15, -0.1) is 0 Å². The molecule has 0 bridgehead atoms. The van der Waals surface area contributed by atoms with Gasteiger partial charge in [0.25, 0.3) is 0 Å². The van der Waals surface area contributed by atoms with E-state index in [1.807, 2.05) is 6.92 Å². The van der Waals surface area contributed by atoms with Gasteiger partial charge in [-0.2, -0.15) is 0 Å². The van der Waals surface area contributed by atoms with Crippen LogP contribution >= 0.6 is 11.6 Å². The van der Waals surface area contributed by atoms with Crippen molar-refractivity contribution in [3.63, 3.8) is 0 Å². The lowest BCUT2D eigenvalue weighted by Crippen LogP contribution is -2.24. The van der Waals surface area contributed by atoms with E-state index in [9.17, 15) is 4.79 Å². The average Bonchev–Trinajstić information content (AvgIpc) is 2.27. The van der Waals surface area contributed by atoms with Crippen molar-refractivity contribution in [2.24, 2.45) is 5.92 Å². The van der Waals surface area contributed by atoms with E-state index in [4.69, 9.17) is 16.7 Å². The van der Waals surface area contributed by atoms with Gasteiger partial charge in [0.1, 0.15) is 5.56 Å². The lowest BCUT2D eigenvalue weighted by atomic mass is 10.00. The highest BCUT2D eigenvalue weighted by molar-refractivity contribution is 6.34. The van der Waals surface area contributed by atoms with Crippen molar-refractivity contribution in [2.75, 3.05) is 5.32 Å². The second kappa shape index (κ2) is 5.92. The molecular weight excluding hydrogens is 238 g/mol. The molecule has 0 amide bonds. The number of halogens is 1. The monoisotopic (exact) mass is 255 g/mol. The number of aromatic carboxylic acids is 1. The van der Waals surface area contributed by atoms with Gasteiger partial charge < -0.3 is 10.4 Å². The maximum Gasteiger partial charge on any atom is 0.339 e. The third-order valence-electron chi connectivity index (χ3n) is 3.11. The zero-order valence-electron chi connectivity index (χ0n) is 10.3. The number of benzene rings is 1. The van der Waals surface area contributed by atoms with Crippen LogP contribution in [0.4, 0.5) is 5.69 Å². The minimum atomic E-state index is -1.01. The summed E-state index contributed by atoms with van der Waals surface area (Å²) in [7, 11) is 0. The minimum Gasteiger partial charge on any atom is -0.478 e. The molecule has 17 heavy (non-hydrogen) atoms. The molecule has 4 heteroatoms. The standard InChI is InChI=1S/C13H18ClNO2/c1-4-8(2)9(3)15-11-7-5-6-10(14)12(11)13(16)17/h5-9,15H,4H2,1-3H3,(H,16,17). The number of hydrogen-bond donors (Lipinski definition) is 2. The maximum absolute atomic E-state index is 11.1. The lowest BCUT2D eigenvalue weighted by molar-refractivity contribution is 0.0698. The van der Waals surface area contributed by atoms with E-state index < -0.39 is 5.97 Å². The van der Waals surface area contributed by atoms with Gasteiger partial charge in [-0.05, 0) is 25.0 Å². The third kappa shape index (κ3) is 3.37. The Balaban J connectivity index is 2.98. The van der Waals surface area contributed by atoms with E-state index in [-0.39, 0.29) is 16.6 Å². The quantitative estimate of drug-likeness (QED) is 0.839. The van der Waals surface area contributed by atoms with Crippen LogP contribution in [0.3, 0.4) is 0 Å². The summed E-state index contributed by atoms with van der Waals surface area (Å²) in [5, 5.41) is 12.6. The number of carbonyl (C=O) groups is 1. The second-order valence-corrected chi connectivity index (χ2v) is 4.69. The molecule has 0 fully saturated rings. The summed E-state index contributed by atoms with van der Waals surface area (Å²) in [6.45, 7) is 6.28. The zero-order valence-corrected chi connectivity index (χ0v) is 11.1. The Morgan fingerprint density at radius 1 is 1.47 bits per heavy atom. The number of nitrogens with one attached hydrogen (secondary N) is 1. The fourth-order valence-corrected chi connectivity index (χ4v) is 1.86. The number of carboxylic acid groups (broad SMARTS) is 1. The predicted molar refractivity (Wildman–Crippen MR) is 71.0 cm³/mol. The van der Waals surface area contributed by atoms with Crippen molar-refractivity contribution >= 4 is 23.3 Å². The van der Waals surface area contributed by atoms with E-state index in [0.29, 0.717) is 11.6 Å². The van der Waals surface area contributed by atoms with Crippen molar-refractivity contribution in [1.82, 2.24) is 0 Å². The molecule has 0 saturated heterocycles. The summed E-state index contributed by atoms with van der Waals surface area (Å²) >= 11 is 5.90. The van der Waals surface area contributed by atoms with E-state index in [1.54, 1.807) is 18.2 Å². The predicted octanol–water partition coefficient (Wildman–Crippen LogP) is 3.88. The lowest BCUT2D eigenvalue weighted by Gasteiger charge is -2.22. The molecular formula is C13H18ClNO2. The molecule has 2 unspecified atom stereocenters. The van der Waals surface area contributed by atoms with Gasteiger partial charge in [-0.3, -0.25) is 0 Å². The fourth-order valence-electron chi connectivity index (χ4n) is 1.60. The molecule has 1 aromatic rings. The van der Waals surface area contributed by atoms with E-state index >= 15 is 0 Å². The number of anilines is 1. The first-order valence-corrected chi connectivity index (χ1v) is 6.13. The van der Waals surface area contributed by atoms with E-state index in [2.05, 4.69) is 19.2 Å². The van der Waals surface area contributed by atoms with Crippen molar-refractivity contribution in [3.05, 3.63) is 28.8 Å². The third-order valence-corrected chi connectivity index (χ3v) is 3.42. The van der Waals surface area contributed by atoms with Crippen LogP contribution in [-0.2, 0) is 0 Å². The molecule has 3 nitrogen and oxygen atoms in total. The Hall–Kier alpha value is -1.22. The van der Waals surface area contributed by atoms with Crippen LogP contribution in [0.5, 0.6) is 0 Å². The van der Waals surface area contributed by atoms with Crippen LogP contribution in [0.2, 0.25) is 5.02 Å². The van der Waals surface area contributed by atoms with Crippen LogP contribution in [-0.4, -0.2) is 17.1 Å². The van der Waals surface area contributed by atoms with Gasteiger partial charge in [0.05, 0.1) is 10.7 Å². The average molecular weight is 256 g/mol. The van der Waals surface area contributed by atoms with Crippen LogP contribution < -0.4 is 5.32 Å². The molecule has 94 valence electrons.